The van der Waals surface area contributed by atoms with Crippen molar-refractivity contribution in [3.05, 3.63) is 42.0 Å². The minimum atomic E-state index is -0.245. The fourth-order valence-corrected chi connectivity index (χ4v) is 4.24. The summed E-state index contributed by atoms with van der Waals surface area (Å²) in [6, 6.07) is 11.3. The van der Waals surface area contributed by atoms with Crippen molar-refractivity contribution >= 4 is 22.6 Å². The van der Waals surface area contributed by atoms with Crippen LogP contribution in [0, 0.1) is 0 Å². The van der Waals surface area contributed by atoms with Crippen molar-refractivity contribution in [2.75, 3.05) is 19.5 Å². The summed E-state index contributed by atoms with van der Waals surface area (Å²) in [6.45, 7) is 4.73. The van der Waals surface area contributed by atoms with Gasteiger partial charge in [-0.1, -0.05) is 12.1 Å². The Kier molecular flexibility index (Phi) is 5.15. The summed E-state index contributed by atoms with van der Waals surface area (Å²) in [4.78, 5) is 18.0. The van der Waals surface area contributed by atoms with Gasteiger partial charge in [0.05, 0.1) is 34.9 Å². The highest BCUT2D eigenvalue weighted by Gasteiger charge is 2.30. The summed E-state index contributed by atoms with van der Waals surface area (Å²) in [5, 5.41) is 3.17. The number of fused-ring (bicyclic) bond motifs is 1. The molecule has 0 unspecified atom stereocenters. The number of para-hydroxylation sites is 1. The van der Waals surface area contributed by atoms with Crippen LogP contribution < -0.4 is 15.8 Å². The van der Waals surface area contributed by atoms with E-state index in [4.69, 9.17) is 20.2 Å². The van der Waals surface area contributed by atoms with Crippen LogP contribution in [0.2, 0.25) is 0 Å². The Morgan fingerprint density at radius 2 is 2.10 bits per heavy atom. The quantitative estimate of drug-likeness (QED) is 0.645. The summed E-state index contributed by atoms with van der Waals surface area (Å²) in [7, 11) is 3.54. The number of benzene rings is 2. The number of aromatic nitrogens is 2. The molecule has 2 aromatic carbocycles. The van der Waals surface area contributed by atoms with Crippen LogP contribution in [-0.4, -0.2) is 40.8 Å². The highest BCUT2D eigenvalue weighted by molar-refractivity contribution is 6.07. The van der Waals surface area contributed by atoms with Crippen molar-refractivity contribution < 1.29 is 14.3 Å². The maximum atomic E-state index is 13.2. The number of imidazole rings is 1. The molecule has 0 radical (unpaired) electrons. The topological polar surface area (TPSA) is 91.4 Å². The maximum Gasteiger partial charge on any atom is 0.253 e. The third-order valence-electron chi connectivity index (χ3n) is 5.62. The largest absolute Gasteiger partial charge is 0.496 e. The lowest BCUT2D eigenvalue weighted by molar-refractivity contribution is -0.0615. The summed E-state index contributed by atoms with van der Waals surface area (Å²) in [5.41, 5.74) is 9.17. The molecule has 0 aliphatic carbocycles. The molecule has 4 rings (SSSR count). The monoisotopic (exact) mass is 408 g/mol. The van der Waals surface area contributed by atoms with Crippen LogP contribution in [0.4, 0.5) is 5.69 Å². The van der Waals surface area contributed by atoms with Crippen LogP contribution in [0.15, 0.2) is 36.4 Å². The second-order valence-electron chi connectivity index (χ2n) is 8.40. The number of amides is 1. The predicted octanol–water partition coefficient (Wildman–Crippen LogP) is 3.52. The molecule has 1 amide bonds. The van der Waals surface area contributed by atoms with Gasteiger partial charge in [0.15, 0.2) is 0 Å². The van der Waals surface area contributed by atoms with Gasteiger partial charge in [-0.05, 0) is 51.0 Å². The molecular weight excluding hydrogens is 380 g/mol. The number of anilines is 1. The predicted molar refractivity (Wildman–Crippen MR) is 118 cm³/mol. The van der Waals surface area contributed by atoms with E-state index in [-0.39, 0.29) is 17.6 Å². The molecule has 1 saturated heterocycles. The number of aryl methyl sites for hydroxylation is 1. The number of nitrogens with zero attached hydrogens (tertiary/aromatic N) is 2. The third-order valence-corrected chi connectivity index (χ3v) is 5.62. The number of hydrogen-bond acceptors (Lipinski definition) is 5. The minimum absolute atomic E-state index is 0.0552. The summed E-state index contributed by atoms with van der Waals surface area (Å²) >= 11 is 0. The molecule has 30 heavy (non-hydrogen) atoms. The lowest BCUT2D eigenvalue weighted by Crippen LogP contribution is -2.45. The number of ether oxygens (including phenoxy) is 2. The minimum Gasteiger partial charge on any atom is -0.496 e. The van der Waals surface area contributed by atoms with E-state index < -0.39 is 0 Å². The van der Waals surface area contributed by atoms with E-state index in [1.54, 1.807) is 19.2 Å². The van der Waals surface area contributed by atoms with E-state index in [2.05, 4.69) is 5.32 Å². The highest BCUT2D eigenvalue weighted by Crippen LogP contribution is 2.33. The van der Waals surface area contributed by atoms with Gasteiger partial charge in [0.2, 0.25) is 0 Å². The van der Waals surface area contributed by atoms with Crippen molar-refractivity contribution in [3.8, 4) is 17.1 Å². The van der Waals surface area contributed by atoms with Crippen molar-refractivity contribution in [2.45, 2.75) is 38.3 Å². The molecule has 3 N–H and O–H groups in total. The Morgan fingerprint density at radius 3 is 2.83 bits per heavy atom. The van der Waals surface area contributed by atoms with Crippen LogP contribution in [0.25, 0.3) is 22.4 Å². The second kappa shape index (κ2) is 7.65. The number of nitrogen functional groups attached to an aromatic ring is 1. The fourth-order valence-electron chi connectivity index (χ4n) is 4.24. The summed E-state index contributed by atoms with van der Waals surface area (Å²) in [5.74, 6) is 1.29. The number of nitrogens with one attached hydrogen (secondary N) is 1. The van der Waals surface area contributed by atoms with E-state index in [0.29, 0.717) is 29.2 Å². The molecule has 0 saturated carbocycles. The van der Waals surface area contributed by atoms with Gasteiger partial charge in [-0.3, -0.25) is 4.79 Å². The first-order valence-corrected chi connectivity index (χ1v) is 10.1. The van der Waals surface area contributed by atoms with Crippen LogP contribution >= 0.6 is 0 Å². The lowest BCUT2D eigenvalue weighted by atomic mass is 9.93. The number of carbonyl (C=O) groups excluding carboxylic acids is 1. The van der Waals surface area contributed by atoms with Gasteiger partial charge in [0.1, 0.15) is 11.6 Å². The molecule has 3 aromatic rings. The molecule has 0 bridgehead atoms. The maximum absolute atomic E-state index is 13.2. The van der Waals surface area contributed by atoms with Crippen LogP contribution in [0.1, 0.15) is 37.0 Å². The van der Waals surface area contributed by atoms with Crippen LogP contribution in [0.3, 0.4) is 0 Å². The van der Waals surface area contributed by atoms with Gasteiger partial charge in [-0.25, -0.2) is 4.98 Å². The zero-order chi connectivity index (χ0) is 21.5. The number of carbonyl (C=O) groups is 1. The van der Waals surface area contributed by atoms with Crippen molar-refractivity contribution in [3.63, 3.8) is 0 Å². The normalized spacial score (nSPS) is 18.3. The lowest BCUT2D eigenvalue weighted by Gasteiger charge is -2.35. The Morgan fingerprint density at radius 1 is 1.33 bits per heavy atom. The van der Waals surface area contributed by atoms with Crippen LogP contribution in [-0.2, 0) is 11.8 Å². The first kappa shape index (κ1) is 20.2. The first-order valence-electron chi connectivity index (χ1n) is 10.1. The zero-order valence-corrected chi connectivity index (χ0v) is 17.9. The standard InChI is InChI=1S/C23H28N4O3/c1-23(2)13-15(9-10-30-23)25-22(28)17-11-14(24)12-18-20(17)27(3)21(26-18)16-7-5-6-8-19(16)29-4/h5-8,11-12,15H,9-10,13,24H2,1-4H3,(H,25,28)/t15-/m1/s1. The SMILES string of the molecule is COc1ccccc1-c1nc2cc(N)cc(C(=O)N[C@@H]3CCOC(C)(C)C3)c2n1C. The van der Waals surface area contributed by atoms with Crippen molar-refractivity contribution in [1.29, 1.82) is 0 Å². The number of hydrogen-bond donors (Lipinski definition) is 2. The zero-order valence-electron chi connectivity index (χ0n) is 17.9. The average Bonchev–Trinajstić information content (AvgIpc) is 3.02. The van der Waals surface area contributed by atoms with Gasteiger partial charge in [-0.2, -0.15) is 0 Å². The van der Waals surface area contributed by atoms with Crippen LogP contribution in [0.5, 0.6) is 5.75 Å². The fraction of sp³-hybridized carbons (Fsp3) is 0.391. The van der Waals surface area contributed by atoms with Gasteiger partial charge >= 0.3 is 0 Å². The van der Waals surface area contributed by atoms with Gasteiger partial charge in [-0.15, -0.1) is 0 Å². The molecular formula is C23H28N4O3. The van der Waals surface area contributed by atoms with E-state index in [0.717, 1.165) is 29.7 Å². The van der Waals surface area contributed by atoms with Gasteiger partial charge < -0.3 is 25.1 Å². The molecule has 0 spiro atoms. The van der Waals surface area contributed by atoms with Gasteiger partial charge in [0.25, 0.3) is 5.91 Å². The molecule has 1 aliphatic rings. The Labute approximate surface area is 176 Å². The number of nitrogens with two attached hydrogens (primary N) is 1. The highest BCUT2D eigenvalue weighted by atomic mass is 16.5. The first-order chi connectivity index (χ1) is 14.3. The van der Waals surface area contributed by atoms with E-state index >= 15 is 0 Å². The molecule has 1 fully saturated rings. The Balaban J connectivity index is 1.75. The summed E-state index contributed by atoms with van der Waals surface area (Å²) in [6.07, 6.45) is 1.56. The molecule has 1 atom stereocenters. The third kappa shape index (κ3) is 3.73. The van der Waals surface area contributed by atoms with Gasteiger partial charge in [0, 0.05) is 25.4 Å². The van der Waals surface area contributed by atoms with Crippen molar-refractivity contribution in [2.24, 2.45) is 7.05 Å². The molecule has 1 aromatic heterocycles. The number of methoxy groups -OCH3 is 1. The summed E-state index contributed by atoms with van der Waals surface area (Å²) < 4.78 is 13.2. The Hall–Kier alpha value is -3.06. The second-order valence-corrected chi connectivity index (χ2v) is 8.40. The Bertz CT molecular complexity index is 1100. The molecule has 7 nitrogen and oxygen atoms in total. The molecule has 1 aliphatic heterocycles. The number of rotatable bonds is 4. The molecule has 2 heterocycles. The molecule has 7 heteroatoms. The van der Waals surface area contributed by atoms with Crippen molar-refractivity contribution in [1.82, 2.24) is 14.9 Å². The molecule has 158 valence electrons. The van der Waals surface area contributed by atoms with E-state index in [1.165, 1.54) is 0 Å². The van der Waals surface area contributed by atoms with E-state index in [1.807, 2.05) is 49.7 Å². The average molecular weight is 409 g/mol. The van der Waals surface area contributed by atoms with E-state index in [9.17, 15) is 4.79 Å². The smallest absolute Gasteiger partial charge is 0.253 e.